The molecule has 0 aliphatic rings. The zero-order valence-electron chi connectivity index (χ0n) is 9.23. The van der Waals surface area contributed by atoms with E-state index in [0.29, 0.717) is 6.07 Å². The van der Waals surface area contributed by atoms with E-state index in [1.807, 2.05) is 0 Å². The molecule has 1 heterocycles. The van der Waals surface area contributed by atoms with Gasteiger partial charge in [-0.2, -0.15) is 13.2 Å². The Labute approximate surface area is 109 Å². The molecule has 0 aliphatic heterocycles. The molecular formula is C10H7F3N4OS. The van der Waals surface area contributed by atoms with Crippen LogP contribution in [0.2, 0.25) is 0 Å². The SMILES string of the molecule is Nc1ccc(C(F)(F)F)cc1C(=O)Nc1nncs1. The number of rotatable bonds is 2. The Morgan fingerprint density at radius 1 is 1.37 bits per heavy atom. The van der Waals surface area contributed by atoms with Crippen LogP contribution >= 0.6 is 11.3 Å². The fourth-order valence-corrected chi connectivity index (χ4v) is 1.76. The van der Waals surface area contributed by atoms with Gasteiger partial charge in [-0.05, 0) is 18.2 Å². The number of anilines is 2. The first kappa shape index (κ1) is 13.3. The largest absolute Gasteiger partial charge is 0.416 e. The fourth-order valence-electron chi connectivity index (χ4n) is 1.32. The van der Waals surface area contributed by atoms with Gasteiger partial charge in [0.05, 0.1) is 11.1 Å². The second-order valence-electron chi connectivity index (χ2n) is 3.50. The van der Waals surface area contributed by atoms with E-state index in [2.05, 4.69) is 15.5 Å². The van der Waals surface area contributed by atoms with Crippen molar-refractivity contribution < 1.29 is 18.0 Å². The minimum absolute atomic E-state index is 0.0463. The Hall–Kier alpha value is -2.16. The van der Waals surface area contributed by atoms with Gasteiger partial charge in [-0.25, -0.2) is 0 Å². The first-order chi connectivity index (χ1) is 8.88. The maximum atomic E-state index is 12.5. The van der Waals surface area contributed by atoms with Crippen LogP contribution in [0.25, 0.3) is 0 Å². The number of benzene rings is 1. The maximum Gasteiger partial charge on any atom is 0.416 e. The van der Waals surface area contributed by atoms with Crippen molar-refractivity contribution in [2.24, 2.45) is 0 Å². The van der Waals surface area contributed by atoms with Crippen molar-refractivity contribution in [2.75, 3.05) is 11.1 Å². The van der Waals surface area contributed by atoms with Gasteiger partial charge in [0, 0.05) is 5.69 Å². The zero-order valence-corrected chi connectivity index (χ0v) is 10.0. The third-order valence-electron chi connectivity index (χ3n) is 2.21. The van der Waals surface area contributed by atoms with Crippen LogP contribution in [0.15, 0.2) is 23.7 Å². The molecule has 0 saturated carbocycles. The molecule has 1 amide bonds. The lowest BCUT2D eigenvalue weighted by molar-refractivity contribution is -0.137. The molecule has 0 spiro atoms. The molecule has 9 heteroatoms. The summed E-state index contributed by atoms with van der Waals surface area (Å²) in [6, 6.07) is 2.56. The van der Waals surface area contributed by atoms with Crippen molar-refractivity contribution in [3.63, 3.8) is 0 Å². The smallest absolute Gasteiger partial charge is 0.398 e. The van der Waals surface area contributed by atoms with E-state index in [1.165, 1.54) is 5.51 Å². The summed E-state index contributed by atoms with van der Waals surface area (Å²) in [6.45, 7) is 0. The third-order valence-corrected chi connectivity index (χ3v) is 2.81. The van der Waals surface area contributed by atoms with E-state index < -0.39 is 17.6 Å². The van der Waals surface area contributed by atoms with Gasteiger partial charge in [0.25, 0.3) is 5.91 Å². The van der Waals surface area contributed by atoms with Crippen LogP contribution in [-0.4, -0.2) is 16.1 Å². The second-order valence-corrected chi connectivity index (χ2v) is 4.33. The molecule has 5 nitrogen and oxygen atoms in total. The van der Waals surface area contributed by atoms with Gasteiger partial charge in [-0.3, -0.25) is 10.1 Å². The molecule has 0 fully saturated rings. The monoisotopic (exact) mass is 288 g/mol. The van der Waals surface area contributed by atoms with Crippen LogP contribution in [0.4, 0.5) is 24.0 Å². The average molecular weight is 288 g/mol. The van der Waals surface area contributed by atoms with Crippen molar-refractivity contribution in [1.29, 1.82) is 0 Å². The molecule has 0 radical (unpaired) electrons. The number of aromatic nitrogens is 2. The molecular weight excluding hydrogens is 281 g/mol. The Morgan fingerprint density at radius 2 is 2.11 bits per heavy atom. The summed E-state index contributed by atoms with van der Waals surface area (Å²) in [4.78, 5) is 11.8. The van der Waals surface area contributed by atoms with Crippen LogP contribution in [0, 0.1) is 0 Å². The number of carbonyl (C=O) groups is 1. The van der Waals surface area contributed by atoms with Gasteiger partial charge in [0.2, 0.25) is 5.13 Å². The van der Waals surface area contributed by atoms with Gasteiger partial charge >= 0.3 is 6.18 Å². The van der Waals surface area contributed by atoms with E-state index in [0.717, 1.165) is 23.5 Å². The first-order valence-corrected chi connectivity index (χ1v) is 5.80. The molecule has 1 aromatic carbocycles. The summed E-state index contributed by atoms with van der Waals surface area (Å²) in [5.74, 6) is -0.764. The van der Waals surface area contributed by atoms with Gasteiger partial charge in [0.15, 0.2) is 0 Å². The Bertz CT molecular complexity index is 597. The molecule has 19 heavy (non-hydrogen) atoms. The molecule has 3 N–H and O–H groups in total. The molecule has 0 unspecified atom stereocenters. The Balaban J connectivity index is 2.31. The highest BCUT2D eigenvalue weighted by Gasteiger charge is 2.31. The van der Waals surface area contributed by atoms with Crippen LogP contribution in [0.3, 0.4) is 0 Å². The number of nitrogen functional groups attached to an aromatic ring is 1. The van der Waals surface area contributed by atoms with Crippen molar-refractivity contribution in [2.45, 2.75) is 6.18 Å². The number of amides is 1. The van der Waals surface area contributed by atoms with Crippen LogP contribution in [-0.2, 0) is 6.18 Å². The maximum absolute atomic E-state index is 12.5. The molecule has 2 aromatic rings. The minimum Gasteiger partial charge on any atom is -0.398 e. The summed E-state index contributed by atoms with van der Waals surface area (Å²) in [6.07, 6.45) is -4.54. The van der Waals surface area contributed by atoms with Crippen LogP contribution < -0.4 is 11.1 Å². The van der Waals surface area contributed by atoms with E-state index in [1.54, 1.807) is 0 Å². The Morgan fingerprint density at radius 3 is 2.68 bits per heavy atom. The number of nitrogens with one attached hydrogen (secondary N) is 1. The third kappa shape index (κ3) is 2.99. The molecule has 0 saturated heterocycles. The number of carbonyl (C=O) groups excluding carboxylic acids is 1. The number of hydrogen-bond donors (Lipinski definition) is 2. The summed E-state index contributed by atoms with van der Waals surface area (Å²) in [7, 11) is 0. The number of halogens is 3. The predicted octanol–water partition coefficient (Wildman–Crippen LogP) is 2.39. The van der Waals surface area contributed by atoms with Gasteiger partial charge in [-0.1, -0.05) is 11.3 Å². The van der Waals surface area contributed by atoms with Crippen molar-refractivity contribution >= 4 is 28.1 Å². The summed E-state index contributed by atoms with van der Waals surface area (Å²) < 4.78 is 37.6. The van der Waals surface area contributed by atoms with E-state index >= 15 is 0 Å². The van der Waals surface area contributed by atoms with Gasteiger partial charge < -0.3 is 5.73 Å². The molecule has 1 aromatic heterocycles. The average Bonchev–Trinajstić information content (AvgIpc) is 2.80. The van der Waals surface area contributed by atoms with Crippen LogP contribution in [0.5, 0.6) is 0 Å². The van der Waals surface area contributed by atoms with E-state index in [-0.39, 0.29) is 16.4 Å². The first-order valence-electron chi connectivity index (χ1n) is 4.92. The van der Waals surface area contributed by atoms with Gasteiger partial charge in [-0.15, -0.1) is 10.2 Å². The quantitative estimate of drug-likeness (QED) is 0.831. The number of hydrogen-bond acceptors (Lipinski definition) is 5. The van der Waals surface area contributed by atoms with Crippen molar-refractivity contribution in [1.82, 2.24) is 10.2 Å². The number of nitrogens with two attached hydrogens (primary N) is 1. The summed E-state index contributed by atoms with van der Waals surface area (Å²) >= 11 is 1.04. The molecule has 2 rings (SSSR count). The molecule has 0 bridgehead atoms. The molecule has 100 valence electrons. The highest BCUT2D eigenvalue weighted by molar-refractivity contribution is 7.13. The molecule has 0 aliphatic carbocycles. The lowest BCUT2D eigenvalue weighted by Crippen LogP contribution is -2.16. The van der Waals surface area contributed by atoms with E-state index in [9.17, 15) is 18.0 Å². The van der Waals surface area contributed by atoms with Crippen molar-refractivity contribution in [3.05, 3.63) is 34.8 Å². The minimum atomic E-state index is -4.54. The van der Waals surface area contributed by atoms with Crippen LogP contribution in [0.1, 0.15) is 15.9 Å². The lowest BCUT2D eigenvalue weighted by atomic mass is 10.1. The number of nitrogens with zero attached hydrogens (tertiary/aromatic N) is 2. The second kappa shape index (κ2) is 4.84. The highest BCUT2D eigenvalue weighted by atomic mass is 32.1. The molecule has 0 atom stereocenters. The Kier molecular flexibility index (Phi) is 3.38. The lowest BCUT2D eigenvalue weighted by Gasteiger charge is -2.10. The number of alkyl halides is 3. The topological polar surface area (TPSA) is 80.9 Å². The summed E-state index contributed by atoms with van der Waals surface area (Å²) in [5, 5.41) is 9.55. The highest BCUT2D eigenvalue weighted by Crippen LogP contribution is 2.31. The fraction of sp³-hybridized carbons (Fsp3) is 0.100. The standard InChI is InChI=1S/C10H7F3N4OS/c11-10(12,13)5-1-2-7(14)6(3-5)8(18)16-9-17-15-4-19-9/h1-4H,14H2,(H,16,17,18). The predicted molar refractivity (Wildman–Crippen MR) is 63.7 cm³/mol. The zero-order chi connectivity index (χ0) is 14.0. The van der Waals surface area contributed by atoms with E-state index in [4.69, 9.17) is 5.73 Å². The summed E-state index contributed by atoms with van der Waals surface area (Å²) in [5.41, 5.74) is 5.64. The van der Waals surface area contributed by atoms with Crippen molar-refractivity contribution in [3.8, 4) is 0 Å². The normalized spacial score (nSPS) is 11.3. The van der Waals surface area contributed by atoms with Gasteiger partial charge in [0.1, 0.15) is 5.51 Å².